The summed E-state index contributed by atoms with van der Waals surface area (Å²) >= 11 is 0. The number of aromatic nitrogens is 2. The third-order valence-corrected chi connectivity index (χ3v) is 2.93. The van der Waals surface area contributed by atoms with Gasteiger partial charge in [0.15, 0.2) is 5.82 Å². The van der Waals surface area contributed by atoms with Gasteiger partial charge in [-0.15, -0.1) is 0 Å². The maximum absolute atomic E-state index is 12.1. The Labute approximate surface area is 113 Å². The lowest BCUT2D eigenvalue weighted by Crippen LogP contribution is -2.12. The van der Waals surface area contributed by atoms with Crippen molar-refractivity contribution < 1.29 is 15.0 Å². The number of H-pyrrole nitrogens is 1. The van der Waals surface area contributed by atoms with E-state index in [9.17, 15) is 15.0 Å². The number of nitrogens with zero attached hydrogens (tertiary/aromatic N) is 1. The Bertz CT molecular complexity index is 795. The van der Waals surface area contributed by atoms with Crippen LogP contribution in [0.4, 0.5) is 5.82 Å². The Morgan fingerprint density at radius 1 is 1.15 bits per heavy atom. The highest BCUT2D eigenvalue weighted by Crippen LogP contribution is 2.25. The fraction of sp³-hybridized carbons (Fsp3) is 0. The Balaban J connectivity index is 1.92. The van der Waals surface area contributed by atoms with Crippen LogP contribution in [0.25, 0.3) is 10.9 Å². The number of fused-ring (bicyclic) bond motifs is 1. The molecule has 100 valence electrons. The van der Waals surface area contributed by atoms with E-state index in [1.54, 1.807) is 0 Å². The number of nitrogens with one attached hydrogen (secondary N) is 2. The quantitative estimate of drug-likeness (QED) is 0.573. The van der Waals surface area contributed by atoms with Gasteiger partial charge in [0.2, 0.25) is 0 Å². The summed E-state index contributed by atoms with van der Waals surface area (Å²) in [4.78, 5) is 12.1. The second-order valence-corrected chi connectivity index (χ2v) is 4.27. The van der Waals surface area contributed by atoms with Crippen molar-refractivity contribution in [2.24, 2.45) is 0 Å². The summed E-state index contributed by atoms with van der Waals surface area (Å²) in [5.74, 6) is -0.510. The van der Waals surface area contributed by atoms with E-state index < -0.39 is 5.91 Å². The highest BCUT2D eigenvalue weighted by atomic mass is 16.3. The summed E-state index contributed by atoms with van der Waals surface area (Å²) in [6.45, 7) is 0. The van der Waals surface area contributed by atoms with E-state index >= 15 is 0 Å². The summed E-state index contributed by atoms with van der Waals surface area (Å²) in [5, 5.41) is 29.1. The number of carbonyl (C=O) groups excluding carboxylic acids is 1. The Morgan fingerprint density at radius 3 is 2.75 bits per heavy atom. The number of rotatable bonds is 2. The number of benzene rings is 2. The van der Waals surface area contributed by atoms with E-state index in [1.807, 2.05) is 24.3 Å². The number of phenolic OH excluding ortho intramolecular Hbond substituents is 2. The number of para-hydroxylation sites is 1. The molecule has 0 spiro atoms. The maximum atomic E-state index is 12.1. The van der Waals surface area contributed by atoms with Gasteiger partial charge in [0.25, 0.3) is 5.91 Å². The van der Waals surface area contributed by atoms with E-state index in [2.05, 4.69) is 15.5 Å². The molecule has 0 saturated carbocycles. The van der Waals surface area contributed by atoms with Gasteiger partial charge < -0.3 is 15.5 Å². The molecule has 0 unspecified atom stereocenters. The molecule has 6 heteroatoms. The van der Waals surface area contributed by atoms with Crippen LogP contribution in [0, 0.1) is 0 Å². The molecule has 0 atom stereocenters. The first-order chi connectivity index (χ1) is 9.65. The lowest BCUT2D eigenvalue weighted by atomic mass is 10.1. The average Bonchev–Trinajstić information content (AvgIpc) is 2.82. The summed E-state index contributed by atoms with van der Waals surface area (Å²) in [6.07, 6.45) is 0. The first-order valence-corrected chi connectivity index (χ1v) is 5.91. The summed E-state index contributed by atoms with van der Waals surface area (Å²) < 4.78 is 0. The normalized spacial score (nSPS) is 10.6. The number of hydrogen-bond donors (Lipinski definition) is 4. The molecule has 0 saturated heterocycles. The first kappa shape index (κ1) is 12.0. The van der Waals surface area contributed by atoms with Crippen molar-refractivity contribution in [3.63, 3.8) is 0 Å². The highest BCUT2D eigenvalue weighted by Gasteiger charge is 2.14. The van der Waals surface area contributed by atoms with E-state index in [-0.39, 0.29) is 17.1 Å². The summed E-state index contributed by atoms with van der Waals surface area (Å²) in [7, 11) is 0. The lowest BCUT2D eigenvalue weighted by molar-refractivity contribution is 0.102. The van der Waals surface area contributed by atoms with E-state index in [4.69, 9.17) is 0 Å². The molecule has 6 nitrogen and oxygen atoms in total. The van der Waals surface area contributed by atoms with Gasteiger partial charge >= 0.3 is 0 Å². The zero-order valence-corrected chi connectivity index (χ0v) is 10.3. The molecule has 3 rings (SSSR count). The van der Waals surface area contributed by atoms with Crippen LogP contribution in [0.15, 0.2) is 42.5 Å². The third-order valence-electron chi connectivity index (χ3n) is 2.93. The SMILES string of the molecule is O=C(Nc1n[nH]c2ccccc12)c1ccc(O)cc1O. The smallest absolute Gasteiger partial charge is 0.260 e. The Kier molecular flexibility index (Phi) is 2.76. The molecule has 0 fully saturated rings. The molecule has 1 aromatic heterocycles. The molecule has 0 aliphatic heterocycles. The van der Waals surface area contributed by atoms with Gasteiger partial charge in [-0.05, 0) is 24.3 Å². The number of amides is 1. The van der Waals surface area contributed by atoms with Crippen LogP contribution in [-0.2, 0) is 0 Å². The van der Waals surface area contributed by atoms with Crippen molar-refractivity contribution in [2.45, 2.75) is 0 Å². The topological polar surface area (TPSA) is 98.2 Å². The fourth-order valence-corrected chi connectivity index (χ4v) is 1.95. The van der Waals surface area contributed by atoms with Crippen LogP contribution in [-0.4, -0.2) is 26.3 Å². The highest BCUT2D eigenvalue weighted by molar-refractivity contribution is 6.09. The predicted molar refractivity (Wildman–Crippen MR) is 73.8 cm³/mol. The fourth-order valence-electron chi connectivity index (χ4n) is 1.95. The van der Waals surface area contributed by atoms with Crippen molar-refractivity contribution in [2.75, 3.05) is 5.32 Å². The molecule has 1 amide bonds. The van der Waals surface area contributed by atoms with Crippen LogP contribution in [0.2, 0.25) is 0 Å². The number of carbonyl (C=O) groups is 1. The number of anilines is 1. The zero-order chi connectivity index (χ0) is 14.1. The molecule has 3 aromatic rings. The number of aromatic hydroxyl groups is 2. The molecule has 20 heavy (non-hydrogen) atoms. The van der Waals surface area contributed by atoms with Crippen LogP contribution in [0.3, 0.4) is 0 Å². The molecule has 0 aliphatic carbocycles. The van der Waals surface area contributed by atoms with Gasteiger partial charge in [0.1, 0.15) is 11.5 Å². The van der Waals surface area contributed by atoms with E-state index in [0.717, 1.165) is 17.0 Å². The van der Waals surface area contributed by atoms with Crippen LogP contribution in [0.1, 0.15) is 10.4 Å². The molecular formula is C14H11N3O3. The van der Waals surface area contributed by atoms with Gasteiger partial charge in [-0.25, -0.2) is 0 Å². The number of aromatic amines is 1. The Hall–Kier alpha value is -3.02. The van der Waals surface area contributed by atoms with Crippen LogP contribution >= 0.6 is 0 Å². The standard InChI is InChI=1S/C14H11N3O3/c18-8-5-6-10(12(19)7-8)14(20)15-13-9-3-1-2-4-11(9)16-17-13/h1-7,18-19H,(H2,15,16,17,20). The molecular weight excluding hydrogens is 258 g/mol. The van der Waals surface area contributed by atoms with Gasteiger partial charge in [0, 0.05) is 11.5 Å². The second-order valence-electron chi connectivity index (χ2n) is 4.27. The first-order valence-electron chi connectivity index (χ1n) is 5.91. The minimum Gasteiger partial charge on any atom is -0.508 e. The van der Waals surface area contributed by atoms with Crippen LogP contribution in [0.5, 0.6) is 11.5 Å². The van der Waals surface area contributed by atoms with Gasteiger partial charge in [-0.2, -0.15) is 5.10 Å². The Morgan fingerprint density at radius 2 is 1.95 bits per heavy atom. The predicted octanol–water partition coefficient (Wildman–Crippen LogP) is 2.23. The summed E-state index contributed by atoms with van der Waals surface area (Å²) in [6, 6.07) is 11.1. The number of phenols is 2. The van der Waals surface area contributed by atoms with E-state index in [1.165, 1.54) is 12.1 Å². The second kappa shape index (κ2) is 4.58. The van der Waals surface area contributed by atoms with Gasteiger partial charge in [-0.1, -0.05) is 12.1 Å². The molecule has 0 radical (unpaired) electrons. The molecule has 0 bridgehead atoms. The molecule has 1 heterocycles. The average molecular weight is 269 g/mol. The minimum atomic E-state index is -0.500. The van der Waals surface area contributed by atoms with Crippen molar-refractivity contribution in [3.05, 3.63) is 48.0 Å². The third kappa shape index (κ3) is 2.03. The molecule has 4 N–H and O–H groups in total. The van der Waals surface area contributed by atoms with Crippen molar-refractivity contribution >= 4 is 22.6 Å². The van der Waals surface area contributed by atoms with Crippen molar-refractivity contribution in [1.82, 2.24) is 10.2 Å². The monoisotopic (exact) mass is 269 g/mol. The largest absolute Gasteiger partial charge is 0.508 e. The molecule has 2 aromatic carbocycles. The number of hydrogen-bond acceptors (Lipinski definition) is 4. The van der Waals surface area contributed by atoms with Gasteiger partial charge in [0.05, 0.1) is 11.1 Å². The van der Waals surface area contributed by atoms with Crippen molar-refractivity contribution in [1.29, 1.82) is 0 Å². The van der Waals surface area contributed by atoms with Crippen molar-refractivity contribution in [3.8, 4) is 11.5 Å². The van der Waals surface area contributed by atoms with Crippen LogP contribution < -0.4 is 5.32 Å². The van der Waals surface area contributed by atoms with Gasteiger partial charge in [-0.3, -0.25) is 9.89 Å². The summed E-state index contributed by atoms with van der Waals surface area (Å²) in [5.41, 5.74) is 0.868. The zero-order valence-electron chi connectivity index (χ0n) is 10.3. The minimum absolute atomic E-state index is 0.0647. The maximum Gasteiger partial charge on any atom is 0.260 e. The lowest BCUT2D eigenvalue weighted by Gasteiger charge is -2.05. The molecule has 0 aliphatic rings. The van der Waals surface area contributed by atoms with E-state index in [0.29, 0.717) is 5.82 Å².